The molecule has 0 aliphatic rings. The van der Waals surface area contributed by atoms with Crippen molar-refractivity contribution in [1.29, 1.82) is 0 Å². The van der Waals surface area contributed by atoms with E-state index in [1.54, 1.807) is 18.2 Å². The highest BCUT2D eigenvalue weighted by atomic mass is 19.1. The van der Waals surface area contributed by atoms with Gasteiger partial charge in [-0.15, -0.1) is 0 Å². The molecule has 1 atom stereocenters. The van der Waals surface area contributed by atoms with Crippen LogP contribution in [0.5, 0.6) is 0 Å². The first-order chi connectivity index (χ1) is 8.11. The molecule has 0 spiro atoms. The van der Waals surface area contributed by atoms with Crippen LogP contribution >= 0.6 is 0 Å². The standard InChI is InChI=1S/C14H16FNO/c1-9-4-5-12(15)11(8-9)14-7-6-13(17-14)10(2)16-3/h4-8,10,16H,1-3H3. The molecule has 0 saturated carbocycles. The van der Waals surface area contributed by atoms with E-state index in [4.69, 9.17) is 4.42 Å². The van der Waals surface area contributed by atoms with Gasteiger partial charge in [-0.2, -0.15) is 0 Å². The number of hydrogen-bond acceptors (Lipinski definition) is 2. The Hall–Kier alpha value is -1.61. The number of nitrogens with one attached hydrogen (secondary N) is 1. The molecule has 2 rings (SSSR count). The van der Waals surface area contributed by atoms with Gasteiger partial charge in [0.1, 0.15) is 17.3 Å². The van der Waals surface area contributed by atoms with E-state index < -0.39 is 0 Å². The summed E-state index contributed by atoms with van der Waals surface area (Å²) in [6, 6.07) is 8.81. The predicted molar refractivity (Wildman–Crippen MR) is 66.3 cm³/mol. The van der Waals surface area contributed by atoms with Crippen molar-refractivity contribution in [3.8, 4) is 11.3 Å². The normalized spacial score (nSPS) is 12.7. The molecular weight excluding hydrogens is 217 g/mol. The van der Waals surface area contributed by atoms with Crippen LogP contribution in [0.2, 0.25) is 0 Å². The van der Waals surface area contributed by atoms with Crippen molar-refractivity contribution in [2.75, 3.05) is 7.05 Å². The van der Waals surface area contributed by atoms with Crippen LogP contribution in [-0.4, -0.2) is 7.05 Å². The van der Waals surface area contributed by atoms with E-state index in [9.17, 15) is 4.39 Å². The third-order valence-electron chi connectivity index (χ3n) is 2.87. The maximum Gasteiger partial charge on any atom is 0.137 e. The summed E-state index contributed by atoms with van der Waals surface area (Å²) in [4.78, 5) is 0. The van der Waals surface area contributed by atoms with Crippen LogP contribution in [0.15, 0.2) is 34.7 Å². The fraction of sp³-hybridized carbons (Fsp3) is 0.286. The molecule has 0 saturated heterocycles. The van der Waals surface area contributed by atoms with Gasteiger partial charge in [0.25, 0.3) is 0 Å². The first-order valence-corrected chi connectivity index (χ1v) is 5.65. The van der Waals surface area contributed by atoms with Crippen LogP contribution in [0.3, 0.4) is 0 Å². The highest BCUT2D eigenvalue weighted by Gasteiger charge is 2.12. The molecule has 1 unspecified atom stereocenters. The van der Waals surface area contributed by atoms with Crippen molar-refractivity contribution in [3.63, 3.8) is 0 Å². The molecule has 0 fully saturated rings. The Labute approximate surface area is 100 Å². The molecule has 0 bridgehead atoms. The molecule has 2 nitrogen and oxygen atoms in total. The zero-order chi connectivity index (χ0) is 12.4. The van der Waals surface area contributed by atoms with Crippen molar-refractivity contribution in [2.24, 2.45) is 0 Å². The summed E-state index contributed by atoms with van der Waals surface area (Å²) >= 11 is 0. The number of furan rings is 1. The largest absolute Gasteiger partial charge is 0.459 e. The average Bonchev–Trinajstić information content (AvgIpc) is 2.80. The minimum Gasteiger partial charge on any atom is -0.459 e. The first-order valence-electron chi connectivity index (χ1n) is 5.65. The van der Waals surface area contributed by atoms with Crippen molar-refractivity contribution in [1.82, 2.24) is 5.32 Å². The van der Waals surface area contributed by atoms with Crippen molar-refractivity contribution >= 4 is 0 Å². The Balaban J connectivity index is 2.40. The summed E-state index contributed by atoms with van der Waals surface area (Å²) in [5.41, 5.74) is 1.53. The molecule has 1 N–H and O–H groups in total. The van der Waals surface area contributed by atoms with E-state index in [0.29, 0.717) is 11.3 Å². The van der Waals surface area contributed by atoms with Gasteiger partial charge in [0.05, 0.1) is 11.6 Å². The Morgan fingerprint density at radius 1 is 1.24 bits per heavy atom. The number of halogens is 1. The molecule has 1 heterocycles. The van der Waals surface area contributed by atoms with Crippen LogP contribution in [0.1, 0.15) is 24.3 Å². The van der Waals surface area contributed by atoms with Gasteiger partial charge in [-0.3, -0.25) is 0 Å². The molecule has 17 heavy (non-hydrogen) atoms. The van der Waals surface area contributed by atoms with Gasteiger partial charge in [0, 0.05) is 0 Å². The summed E-state index contributed by atoms with van der Waals surface area (Å²) in [6.07, 6.45) is 0. The summed E-state index contributed by atoms with van der Waals surface area (Å²) < 4.78 is 19.3. The predicted octanol–water partition coefficient (Wildman–Crippen LogP) is 3.67. The summed E-state index contributed by atoms with van der Waals surface area (Å²) in [5.74, 6) is 1.13. The number of rotatable bonds is 3. The Morgan fingerprint density at radius 3 is 2.71 bits per heavy atom. The van der Waals surface area contributed by atoms with E-state index >= 15 is 0 Å². The molecule has 0 amide bonds. The Morgan fingerprint density at radius 2 is 2.00 bits per heavy atom. The Kier molecular flexibility index (Phi) is 3.29. The highest BCUT2D eigenvalue weighted by molar-refractivity contribution is 5.59. The van der Waals surface area contributed by atoms with Crippen LogP contribution in [0.4, 0.5) is 4.39 Å². The first kappa shape index (κ1) is 11.9. The zero-order valence-electron chi connectivity index (χ0n) is 10.3. The van der Waals surface area contributed by atoms with Gasteiger partial charge in [-0.25, -0.2) is 4.39 Å². The van der Waals surface area contributed by atoms with Gasteiger partial charge < -0.3 is 9.73 Å². The molecule has 0 aliphatic carbocycles. The SMILES string of the molecule is CNC(C)c1ccc(-c2cc(C)ccc2F)o1. The maximum absolute atomic E-state index is 13.7. The molecule has 1 aromatic carbocycles. The lowest BCUT2D eigenvalue weighted by atomic mass is 10.1. The molecular formula is C14H16FNO. The summed E-state index contributed by atoms with van der Waals surface area (Å²) in [7, 11) is 1.86. The van der Waals surface area contributed by atoms with Crippen molar-refractivity contribution < 1.29 is 8.81 Å². The molecule has 0 aliphatic heterocycles. The highest BCUT2D eigenvalue weighted by Crippen LogP contribution is 2.28. The van der Waals surface area contributed by atoms with E-state index in [1.807, 2.05) is 27.0 Å². The molecule has 90 valence electrons. The summed E-state index contributed by atoms with van der Waals surface area (Å²) in [5, 5.41) is 3.08. The van der Waals surface area contributed by atoms with E-state index in [-0.39, 0.29) is 11.9 Å². The molecule has 2 aromatic rings. The third-order valence-corrected chi connectivity index (χ3v) is 2.87. The second-order valence-electron chi connectivity index (χ2n) is 4.20. The zero-order valence-corrected chi connectivity index (χ0v) is 10.3. The van der Waals surface area contributed by atoms with E-state index in [0.717, 1.165) is 11.3 Å². The van der Waals surface area contributed by atoms with E-state index in [2.05, 4.69) is 5.32 Å². The van der Waals surface area contributed by atoms with Crippen LogP contribution in [-0.2, 0) is 0 Å². The van der Waals surface area contributed by atoms with Gasteiger partial charge in [-0.1, -0.05) is 11.6 Å². The van der Waals surface area contributed by atoms with Crippen LogP contribution < -0.4 is 5.32 Å². The fourth-order valence-electron chi connectivity index (χ4n) is 1.70. The fourth-order valence-corrected chi connectivity index (χ4v) is 1.70. The van der Waals surface area contributed by atoms with Crippen LogP contribution in [0.25, 0.3) is 11.3 Å². The third kappa shape index (κ3) is 2.39. The topological polar surface area (TPSA) is 25.2 Å². The average molecular weight is 233 g/mol. The molecule has 1 aromatic heterocycles. The molecule has 0 radical (unpaired) electrons. The minimum absolute atomic E-state index is 0.122. The minimum atomic E-state index is -0.256. The number of benzene rings is 1. The van der Waals surface area contributed by atoms with Crippen molar-refractivity contribution in [3.05, 3.63) is 47.5 Å². The van der Waals surface area contributed by atoms with Gasteiger partial charge in [-0.05, 0) is 45.2 Å². The van der Waals surface area contributed by atoms with Gasteiger partial charge >= 0.3 is 0 Å². The quantitative estimate of drug-likeness (QED) is 0.875. The second kappa shape index (κ2) is 4.72. The lowest BCUT2D eigenvalue weighted by Crippen LogP contribution is -2.11. The van der Waals surface area contributed by atoms with Gasteiger partial charge in [0.2, 0.25) is 0 Å². The lowest BCUT2D eigenvalue weighted by molar-refractivity contribution is 0.456. The number of aryl methyl sites for hydroxylation is 1. The smallest absolute Gasteiger partial charge is 0.137 e. The molecule has 3 heteroatoms. The monoisotopic (exact) mass is 233 g/mol. The summed E-state index contributed by atoms with van der Waals surface area (Å²) in [6.45, 7) is 3.93. The van der Waals surface area contributed by atoms with Gasteiger partial charge in [0.15, 0.2) is 0 Å². The number of hydrogen-bond donors (Lipinski definition) is 1. The maximum atomic E-state index is 13.7. The Bertz CT molecular complexity index is 519. The lowest BCUT2D eigenvalue weighted by Gasteiger charge is -2.06. The second-order valence-corrected chi connectivity index (χ2v) is 4.20. The van der Waals surface area contributed by atoms with E-state index in [1.165, 1.54) is 6.07 Å². The van der Waals surface area contributed by atoms with Crippen molar-refractivity contribution in [2.45, 2.75) is 19.9 Å². The van der Waals surface area contributed by atoms with Crippen LogP contribution in [0, 0.1) is 12.7 Å².